The molecule has 0 unspecified atom stereocenters. The van der Waals surface area contributed by atoms with Gasteiger partial charge in [0.25, 0.3) is 5.91 Å². The first-order chi connectivity index (χ1) is 11.5. The number of methoxy groups -OCH3 is 1. The summed E-state index contributed by atoms with van der Waals surface area (Å²) in [5.74, 6) is 0.0419. The van der Waals surface area contributed by atoms with E-state index in [9.17, 15) is 9.59 Å². The van der Waals surface area contributed by atoms with Gasteiger partial charge in [-0.3, -0.25) is 9.59 Å². The number of nitrogens with one attached hydrogen (secondary N) is 1. The number of hydrogen-bond donors (Lipinski definition) is 1. The SMILES string of the molecule is COc1ccc(N2C(=O)C[C@H](Nc3cccc(Cl)c3Cl)C2=O)cc1. The van der Waals surface area contributed by atoms with Gasteiger partial charge in [0, 0.05) is 0 Å². The molecule has 1 atom stereocenters. The van der Waals surface area contributed by atoms with Gasteiger partial charge >= 0.3 is 0 Å². The fraction of sp³-hybridized carbons (Fsp3) is 0.176. The number of rotatable bonds is 4. The predicted molar refractivity (Wildman–Crippen MR) is 94.0 cm³/mol. The topological polar surface area (TPSA) is 58.6 Å². The number of ether oxygens (including phenoxy) is 1. The Morgan fingerprint density at radius 1 is 1.12 bits per heavy atom. The average Bonchev–Trinajstić information content (AvgIpc) is 2.86. The van der Waals surface area contributed by atoms with Crippen LogP contribution in [0.2, 0.25) is 10.0 Å². The number of nitrogens with zero attached hydrogens (tertiary/aromatic N) is 1. The van der Waals surface area contributed by atoms with Gasteiger partial charge in [0.2, 0.25) is 5.91 Å². The summed E-state index contributed by atoms with van der Waals surface area (Å²) in [4.78, 5) is 26.0. The summed E-state index contributed by atoms with van der Waals surface area (Å²) >= 11 is 12.1. The molecule has 2 amide bonds. The van der Waals surface area contributed by atoms with E-state index in [-0.39, 0.29) is 18.2 Å². The molecule has 0 saturated carbocycles. The summed E-state index contributed by atoms with van der Waals surface area (Å²) in [6, 6.07) is 11.1. The molecule has 1 aliphatic rings. The summed E-state index contributed by atoms with van der Waals surface area (Å²) in [7, 11) is 1.55. The number of amides is 2. The Bertz CT molecular complexity index is 793. The molecule has 1 saturated heterocycles. The monoisotopic (exact) mass is 364 g/mol. The molecule has 0 aromatic heterocycles. The highest BCUT2D eigenvalue weighted by Gasteiger charge is 2.39. The third-order valence-electron chi connectivity index (χ3n) is 3.76. The van der Waals surface area contributed by atoms with Gasteiger partial charge in [0.15, 0.2) is 0 Å². The van der Waals surface area contributed by atoms with Gasteiger partial charge in [0.1, 0.15) is 11.8 Å². The van der Waals surface area contributed by atoms with Gasteiger partial charge in [-0.05, 0) is 36.4 Å². The van der Waals surface area contributed by atoms with Crippen molar-refractivity contribution >= 4 is 46.4 Å². The minimum Gasteiger partial charge on any atom is -0.497 e. The van der Waals surface area contributed by atoms with Crippen LogP contribution < -0.4 is 15.0 Å². The van der Waals surface area contributed by atoms with Crippen molar-refractivity contribution in [2.24, 2.45) is 0 Å². The zero-order valence-corrected chi connectivity index (χ0v) is 14.3. The van der Waals surface area contributed by atoms with Crippen molar-refractivity contribution in [2.45, 2.75) is 12.5 Å². The first-order valence-electron chi connectivity index (χ1n) is 7.22. The highest BCUT2D eigenvalue weighted by molar-refractivity contribution is 6.43. The zero-order valence-electron chi connectivity index (χ0n) is 12.8. The second-order valence-corrected chi connectivity index (χ2v) is 6.05. The van der Waals surface area contributed by atoms with E-state index in [0.717, 1.165) is 4.90 Å². The Labute approximate surface area is 149 Å². The maximum atomic E-state index is 12.6. The molecule has 1 aliphatic heterocycles. The lowest BCUT2D eigenvalue weighted by Gasteiger charge is -2.17. The first kappa shape index (κ1) is 16.6. The maximum absolute atomic E-state index is 12.6. The Morgan fingerprint density at radius 3 is 2.50 bits per heavy atom. The van der Waals surface area contributed by atoms with Crippen LogP contribution in [0.25, 0.3) is 0 Å². The van der Waals surface area contributed by atoms with Crippen molar-refractivity contribution in [1.82, 2.24) is 0 Å². The van der Waals surface area contributed by atoms with Gasteiger partial charge in [0.05, 0.1) is 35.0 Å². The van der Waals surface area contributed by atoms with Gasteiger partial charge < -0.3 is 10.1 Å². The Morgan fingerprint density at radius 2 is 1.83 bits per heavy atom. The van der Waals surface area contributed by atoms with Crippen molar-refractivity contribution < 1.29 is 14.3 Å². The second kappa shape index (κ2) is 6.71. The number of benzene rings is 2. The van der Waals surface area contributed by atoms with E-state index < -0.39 is 6.04 Å². The summed E-state index contributed by atoms with van der Waals surface area (Å²) in [5, 5.41) is 3.70. The number of anilines is 2. The van der Waals surface area contributed by atoms with Crippen molar-refractivity contribution in [3.63, 3.8) is 0 Å². The quantitative estimate of drug-likeness (QED) is 0.839. The number of imide groups is 1. The van der Waals surface area contributed by atoms with Crippen molar-refractivity contribution in [2.75, 3.05) is 17.3 Å². The third-order valence-corrected chi connectivity index (χ3v) is 4.58. The average molecular weight is 365 g/mol. The number of carbonyl (C=O) groups excluding carboxylic acids is 2. The molecule has 3 rings (SSSR count). The lowest BCUT2D eigenvalue weighted by Crippen LogP contribution is -2.34. The standard InChI is InChI=1S/C17H14Cl2N2O3/c1-24-11-7-5-10(6-8-11)21-15(22)9-14(17(21)23)20-13-4-2-3-12(18)16(13)19/h2-8,14,20H,9H2,1H3/t14-/m0/s1. The lowest BCUT2D eigenvalue weighted by atomic mass is 10.2. The van der Waals surface area contributed by atoms with Crippen LogP contribution in [0.1, 0.15) is 6.42 Å². The van der Waals surface area contributed by atoms with E-state index in [1.54, 1.807) is 49.6 Å². The fourth-order valence-corrected chi connectivity index (χ4v) is 2.91. The molecule has 0 spiro atoms. The zero-order chi connectivity index (χ0) is 17.3. The molecule has 0 bridgehead atoms. The van der Waals surface area contributed by atoms with E-state index in [1.165, 1.54) is 0 Å². The van der Waals surface area contributed by atoms with E-state index in [2.05, 4.69) is 5.32 Å². The molecule has 24 heavy (non-hydrogen) atoms. The van der Waals surface area contributed by atoms with Crippen LogP contribution in [0.3, 0.4) is 0 Å². The Balaban J connectivity index is 1.82. The summed E-state index contributed by atoms with van der Waals surface area (Å²) in [5.41, 5.74) is 1.03. The van der Waals surface area contributed by atoms with E-state index >= 15 is 0 Å². The van der Waals surface area contributed by atoms with Crippen LogP contribution >= 0.6 is 23.2 Å². The van der Waals surface area contributed by atoms with Crippen LogP contribution in [0.5, 0.6) is 5.75 Å². The van der Waals surface area contributed by atoms with Gasteiger partial charge in [-0.1, -0.05) is 29.3 Å². The van der Waals surface area contributed by atoms with Gasteiger partial charge in [-0.25, -0.2) is 4.90 Å². The molecule has 1 N–H and O–H groups in total. The Hall–Kier alpha value is -2.24. The summed E-state index contributed by atoms with van der Waals surface area (Å²) < 4.78 is 5.08. The van der Waals surface area contributed by atoms with Crippen LogP contribution in [0, 0.1) is 0 Å². The van der Waals surface area contributed by atoms with Crippen LogP contribution in [-0.2, 0) is 9.59 Å². The number of halogens is 2. The molecule has 2 aromatic rings. The highest BCUT2D eigenvalue weighted by Crippen LogP contribution is 2.32. The van der Waals surface area contributed by atoms with Gasteiger partial charge in [-0.15, -0.1) is 0 Å². The molecule has 5 nitrogen and oxygen atoms in total. The molecule has 7 heteroatoms. The normalized spacial score (nSPS) is 17.3. The van der Waals surface area contributed by atoms with Gasteiger partial charge in [-0.2, -0.15) is 0 Å². The summed E-state index contributed by atoms with van der Waals surface area (Å²) in [6.45, 7) is 0. The lowest BCUT2D eigenvalue weighted by molar-refractivity contribution is -0.121. The second-order valence-electron chi connectivity index (χ2n) is 5.27. The molecule has 0 aliphatic carbocycles. The molecule has 2 aromatic carbocycles. The fourth-order valence-electron chi connectivity index (χ4n) is 2.55. The molecule has 1 heterocycles. The molecule has 124 valence electrons. The molecular weight excluding hydrogens is 351 g/mol. The maximum Gasteiger partial charge on any atom is 0.256 e. The van der Waals surface area contributed by atoms with Crippen molar-refractivity contribution in [3.05, 3.63) is 52.5 Å². The number of hydrogen-bond acceptors (Lipinski definition) is 4. The van der Waals surface area contributed by atoms with Crippen LogP contribution in [0.15, 0.2) is 42.5 Å². The minimum atomic E-state index is -0.685. The van der Waals surface area contributed by atoms with Crippen LogP contribution in [-0.4, -0.2) is 25.0 Å². The molecule has 0 radical (unpaired) electrons. The van der Waals surface area contributed by atoms with E-state index in [1.807, 2.05) is 0 Å². The highest BCUT2D eigenvalue weighted by atomic mass is 35.5. The number of carbonyl (C=O) groups is 2. The molecular formula is C17H14Cl2N2O3. The first-order valence-corrected chi connectivity index (χ1v) is 7.98. The third kappa shape index (κ3) is 3.05. The molecule has 1 fully saturated rings. The smallest absolute Gasteiger partial charge is 0.256 e. The van der Waals surface area contributed by atoms with Crippen LogP contribution in [0.4, 0.5) is 11.4 Å². The van der Waals surface area contributed by atoms with Crippen molar-refractivity contribution in [3.8, 4) is 5.75 Å². The minimum absolute atomic E-state index is 0.0493. The van der Waals surface area contributed by atoms with E-state index in [0.29, 0.717) is 27.2 Å². The van der Waals surface area contributed by atoms with E-state index in [4.69, 9.17) is 27.9 Å². The predicted octanol–water partition coefficient (Wildman–Crippen LogP) is 3.75. The largest absolute Gasteiger partial charge is 0.497 e. The van der Waals surface area contributed by atoms with Crippen molar-refractivity contribution in [1.29, 1.82) is 0 Å². The Kier molecular flexibility index (Phi) is 4.64. The summed E-state index contributed by atoms with van der Waals surface area (Å²) in [6.07, 6.45) is 0.0493.